The van der Waals surface area contributed by atoms with Crippen molar-refractivity contribution in [1.82, 2.24) is 9.66 Å². The molecular formula is C13H16ClN3O2. The molecule has 0 aromatic carbocycles. The summed E-state index contributed by atoms with van der Waals surface area (Å²) < 4.78 is 6.58. The number of carbonyl (C=O) groups is 1. The van der Waals surface area contributed by atoms with Crippen LogP contribution in [0.5, 0.6) is 0 Å². The number of aromatic nitrogens is 2. The summed E-state index contributed by atoms with van der Waals surface area (Å²) in [7, 11) is 0. The van der Waals surface area contributed by atoms with Crippen molar-refractivity contribution in [2.45, 2.75) is 20.3 Å². The van der Waals surface area contributed by atoms with E-state index in [1.54, 1.807) is 30.9 Å². The van der Waals surface area contributed by atoms with E-state index >= 15 is 0 Å². The normalized spacial score (nSPS) is 22.2. The van der Waals surface area contributed by atoms with Crippen LogP contribution in [0.2, 0.25) is 0 Å². The average molecular weight is 282 g/mol. The lowest BCUT2D eigenvalue weighted by Gasteiger charge is -2.05. The SMILES string of the molecule is C=C(c1nccn1/N=C(\C)Cl)[C@H]1C[C@@H]1C(=O)OCC. The molecule has 0 spiro atoms. The Balaban J connectivity index is 2.09. The second kappa shape index (κ2) is 5.57. The predicted molar refractivity (Wildman–Crippen MR) is 73.9 cm³/mol. The molecule has 1 saturated carbocycles. The Morgan fingerprint density at radius 3 is 3.05 bits per heavy atom. The molecule has 1 aliphatic carbocycles. The zero-order valence-electron chi connectivity index (χ0n) is 11.0. The molecule has 0 bridgehead atoms. The van der Waals surface area contributed by atoms with Crippen LogP contribution < -0.4 is 0 Å². The largest absolute Gasteiger partial charge is 0.466 e. The zero-order valence-corrected chi connectivity index (χ0v) is 11.7. The molecule has 2 rings (SSSR count). The highest BCUT2D eigenvalue weighted by Gasteiger charge is 2.47. The lowest BCUT2D eigenvalue weighted by Crippen LogP contribution is -2.08. The smallest absolute Gasteiger partial charge is 0.309 e. The minimum atomic E-state index is -0.163. The average Bonchev–Trinajstić information content (AvgIpc) is 3.02. The molecule has 19 heavy (non-hydrogen) atoms. The molecule has 6 heteroatoms. The number of carbonyl (C=O) groups excluding carboxylic acids is 1. The van der Waals surface area contributed by atoms with E-state index in [-0.39, 0.29) is 17.8 Å². The molecule has 1 aromatic rings. The molecule has 1 aromatic heterocycles. The van der Waals surface area contributed by atoms with Gasteiger partial charge in [-0.05, 0) is 25.8 Å². The lowest BCUT2D eigenvalue weighted by atomic mass is 10.1. The fourth-order valence-corrected chi connectivity index (χ4v) is 2.09. The molecule has 0 saturated heterocycles. The maximum absolute atomic E-state index is 11.6. The van der Waals surface area contributed by atoms with Gasteiger partial charge in [0.1, 0.15) is 5.17 Å². The maximum atomic E-state index is 11.6. The van der Waals surface area contributed by atoms with Gasteiger partial charge in [-0.3, -0.25) is 4.79 Å². The van der Waals surface area contributed by atoms with E-state index in [0.717, 1.165) is 12.0 Å². The van der Waals surface area contributed by atoms with Gasteiger partial charge in [-0.2, -0.15) is 5.10 Å². The third-order valence-corrected chi connectivity index (χ3v) is 3.06. The van der Waals surface area contributed by atoms with Crippen LogP contribution >= 0.6 is 11.6 Å². The van der Waals surface area contributed by atoms with E-state index in [0.29, 0.717) is 17.6 Å². The van der Waals surface area contributed by atoms with Crippen molar-refractivity contribution in [3.63, 3.8) is 0 Å². The fourth-order valence-electron chi connectivity index (χ4n) is 2.01. The van der Waals surface area contributed by atoms with Crippen LogP contribution in [0.3, 0.4) is 0 Å². The zero-order chi connectivity index (χ0) is 14.0. The summed E-state index contributed by atoms with van der Waals surface area (Å²) in [6.45, 7) is 7.91. The number of rotatable bonds is 5. The molecule has 1 fully saturated rings. The van der Waals surface area contributed by atoms with Crippen molar-refractivity contribution in [2.24, 2.45) is 16.9 Å². The molecule has 0 aliphatic heterocycles. The van der Waals surface area contributed by atoms with Crippen LogP contribution in [-0.4, -0.2) is 27.4 Å². The maximum Gasteiger partial charge on any atom is 0.309 e. The van der Waals surface area contributed by atoms with E-state index < -0.39 is 0 Å². The Bertz CT molecular complexity index is 532. The first kappa shape index (κ1) is 13.8. The van der Waals surface area contributed by atoms with Gasteiger partial charge in [0.2, 0.25) is 0 Å². The van der Waals surface area contributed by atoms with Crippen molar-refractivity contribution in [3.8, 4) is 0 Å². The molecule has 0 amide bonds. The first-order chi connectivity index (χ1) is 9.04. The summed E-state index contributed by atoms with van der Waals surface area (Å²) in [5.74, 6) is 0.463. The molecule has 5 nitrogen and oxygen atoms in total. The van der Waals surface area contributed by atoms with Gasteiger partial charge in [-0.25, -0.2) is 9.66 Å². The summed E-state index contributed by atoms with van der Waals surface area (Å²) in [5, 5.41) is 4.52. The summed E-state index contributed by atoms with van der Waals surface area (Å²) in [6.07, 6.45) is 4.09. The summed E-state index contributed by atoms with van der Waals surface area (Å²) in [5.41, 5.74) is 0.796. The molecular weight excluding hydrogens is 266 g/mol. The summed E-state index contributed by atoms with van der Waals surface area (Å²) in [6, 6.07) is 0. The molecule has 0 radical (unpaired) electrons. The molecule has 0 unspecified atom stereocenters. The Labute approximate surface area is 116 Å². The van der Waals surface area contributed by atoms with Gasteiger partial charge in [0.25, 0.3) is 0 Å². The highest BCUT2D eigenvalue weighted by Crippen LogP contribution is 2.47. The number of imidazole rings is 1. The van der Waals surface area contributed by atoms with E-state index in [2.05, 4.69) is 16.7 Å². The number of nitrogens with zero attached hydrogens (tertiary/aromatic N) is 3. The van der Waals surface area contributed by atoms with Crippen molar-refractivity contribution < 1.29 is 9.53 Å². The molecule has 1 heterocycles. The van der Waals surface area contributed by atoms with Crippen LogP contribution in [0.25, 0.3) is 5.57 Å². The van der Waals surface area contributed by atoms with Gasteiger partial charge in [-0.1, -0.05) is 18.2 Å². The van der Waals surface area contributed by atoms with E-state index in [4.69, 9.17) is 16.3 Å². The second-order valence-electron chi connectivity index (χ2n) is 4.42. The molecule has 0 N–H and O–H groups in total. The third kappa shape index (κ3) is 3.04. The Hall–Kier alpha value is -1.62. The number of hydrogen-bond acceptors (Lipinski definition) is 4. The van der Waals surface area contributed by atoms with Crippen LogP contribution in [0.1, 0.15) is 26.1 Å². The van der Waals surface area contributed by atoms with E-state index in [1.807, 2.05) is 0 Å². The predicted octanol–water partition coefficient (Wildman–Crippen LogP) is 2.52. The van der Waals surface area contributed by atoms with Gasteiger partial charge in [-0.15, -0.1) is 0 Å². The van der Waals surface area contributed by atoms with Gasteiger partial charge in [0.05, 0.1) is 12.5 Å². The van der Waals surface area contributed by atoms with Crippen LogP contribution in [0, 0.1) is 11.8 Å². The van der Waals surface area contributed by atoms with Gasteiger partial charge in [0.15, 0.2) is 5.82 Å². The Morgan fingerprint density at radius 2 is 2.42 bits per heavy atom. The van der Waals surface area contributed by atoms with Crippen molar-refractivity contribution in [1.29, 1.82) is 0 Å². The van der Waals surface area contributed by atoms with Gasteiger partial charge in [0, 0.05) is 18.3 Å². The number of esters is 1. The topological polar surface area (TPSA) is 56.5 Å². The first-order valence-corrected chi connectivity index (χ1v) is 6.52. The van der Waals surface area contributed by atoms with Crippen molar-refractivity contribution >= 4 is 28.3 Å². The minimum Gasteiger partial charge on any atom is -0.466 e. The number of allylic oxidation sites excluding steroid dienone is 1. The monoisotopic (exact) mass is 281 g/mol. The quantitative estimate of drug-likeness (QED) is 0.615. The van der Waals surface area contributed by atoms with E-state index in [9.17, 15) is 4.79 Å². The Morgan fingerprint density at radius 1 is 1.68 bits per heavy atom. The number of ether oxygens (including phenoxy) is 1. The van der Waals surface area contributed by atoms with Crippen LogP contribution in [-0.2, 0) is 9.53 Å². The van der Waals surface area contributed by atoms with E-state index in [1.165, 1.54) is 0 Å². The van der Waals surface area contributed by atoms with Gasteiger partial charge >= 0.3 is 5.97 Å². The standard InChI is InChI=1S/C13H16ClN3O2/c1-4-19-13(18)11-7-10(11)8(2)12-15-5-6-17(12)16-9(3)14/h5-6,10-11H,2,4,7H2,1,3H3/b16-9+/t10-,11+/m1/s1. The molecule has 2 atom stereocenters. The molecule has 102 valence electrons. The summed E-state index contributed by atoms with van der Waals surface area (Å²) in [4.78, 5) is 15.8. The van der Waals surface area contributed by atoms with Gasteiger partial charge < -0.3 is 4.74 Å². The highest BCUT2D eigenvalue weighted by molar-refractivity contribution is 6.64. The van der Waals surface area contributed by atoms with Crippen LogP contribution in [0.4, 0.5) is 0 Å². The first-order valence-electron chi connectivity index (χ1n) is 6.14. The highest BCUT2D eigenvalue weighted by atomic mass is 35.5. The lowest BCUT2D eigenvalue weighted by molar-refractivity contribution is -0.144. The Kier molecular flexibility index (Phi) is 4.04. The van der Waals surface area contributed by atoms with Crippen LogP contribution in [0.15, 0.2) is 24.1 Å². The number of halogens is 1. The summed E-state index contributed by atoms with van der Waals surface area (Å²) >= 11 is 5.76. The number of hydrogen-bond donors (Lipinski definition) is 0. The fraction of sp³-hybridized carbons (Fsp3) is 0.462. The van der Waals surface area contributed by atoms with Crippen molar-refractivity contribution in [3.05, 3.63) is 24.8 Å². The second-order valence-corrected chi connectivity index (χ2v) is 4.97. The molecule has 1 aliphatic rings. The van der Waals surface area contributed by atoms with Crippen molar-refractivity contribution in [2.75, 3.05) is 6.61 Å². The minimum absolute atomic E-state index is 0.0889. The third-order valence-electron chi connectivity index (χ3n) is 2.98.